The van der Waals surface area contributed by atoms with Crippen LogP contribution in [0.3, 0.4) is 0 Å². The van der Waals surface area contributed by atoms with Gasteiger partial charge in [0.25, 0.3) is 0 Å². The van der Waals surface area contributed by atoms with Crippen LogP contribution in [0.4, 0.5) is 0 Å². The van der Waals surface area contributed by atoms with E-state index in [9.17, 15) is 0 Å². The van der Waals surface area contributed by atoms with Crippen molar-refractivity contribution < 1.29 is 0 Å². The van der Waals surface area contributed by atoms with Gasteiger partial charge in [-0.2, -0.15) is 0 Å². The summed E-state index contributed by atoms with van der Waals surface area (Å²) < 4.78 is 0. The molecule has 0 aliphatic heterocycles. The minimum Gasteiger partial charge on any atom is -0.127 e. The van der Waals surface area contributed by atoms with Gasteiger partial charge in [-0.1, -0.05) is 26.0 Å². The predicted molar refractivity (Wildman–Crippen MR) is 71.2 cm³/mol. The number of halogens is 1. The summed E-state index contributed by atoms with van der Waals surface area (Å²) in [6, 6.07) is 8.91. The van der Waals surface area contributed by atoms with E-state index in [1.54, 1.807) is 0 Å². The maximum Gasteiger partial charge on any atom is 0.0229 e. The van der Waals surface area contributed by atoms with E-state index in [0.29, 0.717) is 5.92 Å². The molecule has 84 valence electrons. The molecule has 0 saturated heterocycles. The standard InChI is InChI=1S/C13H19ClS/c1-3-10-15-13-6-4-12(5-7-13)11(2)8-9-14/h4-7,11H,3,8-10H2,1-2H3. The zero-order chi connectivity index (χ0) is 11.1. The molecular weight excluding hydrogens is 224 g/mol. The molecule has 0 radical (unpaired) electrons. The number of alkyl halides is 1. The van der Waals surface area contributed by atoms with Gasteiger partial charge in [-0.15, -0.1) is 23.4 Å². The van der Waals surface area contributed by atoms with Gasteiger partial charge in [0.1, 0.15) is 0 Å². The summed E-state index contributed by atoms with van der Waals surface area (Å²) in [5.41, 5.74) is 1.40. The molecule has 0 bridgehead atoms. The van der Waals surface area contributed by atoms with Crippen molar-refractivity contribution in [3.8, 4) is 0 Å². The third-order valence-corrected chi connectivity index (χ3v) is 3.90. The monoisotopic (exact) mass is 242 g/mol. The van der Waals surface area contributed by atoms with Crippen LogP contribution in [-0.4, -0.2) is 11.6 Å². The molecule has 0 aromatic heterocycles. The molecule has 0 nitrogen and oxygen atoms in total. The first-order valence-corrected chi connectivity index (χ1v) is 7.08. The minimum absolute atomic E-state index is 0.577. The highest BCUT2D eigenvalue weighted by Crippen LogP contribution is 2.24. The first-order valence-electron chi connectivity index (χ1n) is 5.56. The SMILES string of the molecule is CCCSc1ccc(C(C)CCCl)cc1. The molecule has 0 saturated carbocycles. The van der Waals surface area contributed by atoms with Gasteiger partial charge >= 0.3 is 0 Å². The van der Waals surface area contributed by atoms with E-state index in [1.165, 1.54) is 22.6 Å². The third kappa shape index (κ3) is 4.48. The number of rotatable bonds is 6. The van der Waals surface area contributed by atoms with Gasteiger partial charge in [-0.3, -0.25) is 0 Å². The lowest BCUT2D eigenvalue weighted by Gasteiger charge is -2.10. The van der Waals surface area contributed by atoms with Crippen molar-refractivity contribution >= 4 is 23.4 Å². The Balaban J connectivity index is 2.55. The van der Waals surface area contributed by atoms with Crippen LogP contribution in [0.1, 0.15) is 38.2 Å². The third-order valence-electron chi connectivity index (χ3n) is 2.46. The van der Waals surface area contributed by atoms with Crippen molar-refractivity contribution in [1.29, 1.82) is 0 Å². The molecule has 0 amide bonds. The van der Waals surface area contributed by atoms with Gasteiger partial charge in [0.2, 0.25) is 0 Å². The Labute approximate surface area is 102 Å². The van der Waals surface area contributed by atoms with Gasteiger partial charge in [-0.05, 0) is 42.2 Å². The molecule has 0 spiro atoms. The second-order valence-electron chi connectivity index (χ2n) is 3.80. The van der Waals surface area contributed by atoms with Crippen LogP contribution in [0, 0.1) is 0 Å². The van der Waals surface area contributed by atoms with Crippen molar-refractivity contribution in [2.45, 2.75) is 37.5 Å². The van der Waals surface area contributed by atoms with Crippen molar-refractivity contribution in [2.24, 2.45) is 0 Å². The highest BCUT2D eigenvalue weighted by atomic mass is 35.5. The van der Waals surface area contributed by atoms with Gasteiger partial charge in [0.15, 0.2) is 0 Å². The van der Waals surface area contributed by atoms with Gasteiger partial charge in [0.05, 0.1) is 0 Å². The Bertz CT molecular complexity index is 268. The summed E-state index contributed by atoms with van der Waals surface area (Å²) in [5, 5.41) is 0. The molecular formula is C13H19ClS. The Hall–Kier alpha value is -0.140. The molecule has 0 aliphatic rings. The van der Waals surface area contributed by atoms with E-state index in [1.807, 2.05) is 11.8 Å². The maximum absolute atomic E-state index is 5.74. The molecule has 0 fully saturated rings. The highest BCUT2D eigenvalue weighted by Gasteiger charge is 2.04. The summed E-state index contributed by atoms with van der Waals surface area (Å²) in [4.78, 5) is 1.37. The quantitative estimate of drug-likeness (QED) is 0.504. The highest BCUT2D eigenvalue weighted by molar-refractivity contribution is 7.99. The maximum atomic E-state index is 5.74. The summed E-state index contributed by atoms with van der Waals surface area (Å²) in [6.07, 6.45) is 2.29. The van der Waals surface area contributed by atoms with E-state index in [0.717, 1.165) is 12.3 Å². The van der Waals surface area contributed by atoms with Crippen molar-refractivity contribution in [3.63, 3.8) is 0 Å². The van der Waals surface area contributed by atoms with Gasteiger partial charge in [0, 0.05) is 10.8 Å². The second-order valence-corrected chi connectivity index (χ2v) is 5.34. The second kappa shape index (κ2) is 7.19. The normalized spacial score (nSPS) is 12.7. The Morgan fingerprint density at radius 1 is 1.27 bits per heavy atom. The number of benzene rings is 1. The van der Waals surface area contributed by atoms with Gasteiger partial charge in [-0.25, -0.2) is 0 Å². The predicted octanol–water partition coefficient (Wildman–Crippen LogP) is 4.92. The average molecular weight is 243 g/mol. The van der Waals surface area contributed by atoms with E-state index in [2.05, 4.69) is 38.1 Å². The van der Waals surface area contributed by atoms with Crippen LogP contribution >= 0.6 is 23.4 Å². The van der Waals surface area contributed by atoms with Crippen LogP contribution in [0.15, 0.2) is 29.2 Å². The smallest absolute Gasteiger partial charge is 0.0229 e. The summed E-state index contributed by atoms with van der Waals surface area (Å²) in [7, 11) is 0. The fourth-order valence-electron chi connectivity index (χ4n) is 1.44. The number of hydrogen-bond acceptors (Lipinski definition) is 1. The lowest BCUT2D eigenvalue weighted by atomic mass is 9.99. The molecule has 0 heterocycles. The molecule has 2 heteroatoms. The van der Waals surface area contributed by atoms with Crippen LogP contribution in [0.2, 0.25) is 0 Å². The van der Waals surface area contributed by atoms with Crippen molar-refractivity contribution in [3.05, 3.63) is 29.8 Å². The first-order chi connectivity index (χ1) is 7.27. The van der Waals surface area contributed by atoms with Crippen LogP contribution < -0.4 is 0 Å². The van der Waals surface area contributed by atoms with E-state index in [-0.39, 0.29) is 0 Å². The van der Waals surface area contributed by atoms with Crippen LogP contribution in [0.25, 0.3) is 0 Å². The lowest BCUT2D eigenvalue weighted by Crippen LogP contribution is -1.93. The molecule has 0 N–H and O–H groups in total. The molecule has 0 aliphatic carbocycles. The first kappa shape index (κ1) is 12.9. The molecule has 1 aromatic carbocycles. The lowest BCUT2D eigenvalue weighted by molar-refractivity contribution is 0.737. The number of thioether (sulfide) groups is 1. The zero-order valence-electron chi connectivity index (χ0n) is 9.50. The fourth-order valence-corrected chi connectivity index (χ4v) is 2.54. The average Bonchev–Trinajstić information content (AvgIpc) is 2.27. The Morgan fingerprint density at radius 2 is 1.93 bits per heavy atom. The van der Waals surface area contributed by atoms with E-state index >= 15 is 0 Å². The molecule has 1 aromatic rings. The Kier molecular flexibility index (Phi) is 6.19. The summed E-state index contributed by atoms with van der Waals surface area (Å²) >= 11 is 7.67. The fraction of sp³-hybridized carbons (Fsp3) is 0.538. The molecule has 1 rings (SSSR count). The molecule has 15 heavy (non-hydrogen) atoms. The molecule has 1 unspecified atom stereocenters. The minimum atomic E-state index is 0.577. The molecule has 1 atom stereocenters. The van der Waals surface area contributed by atoms with Crippen LogP contribution in [-0.2, 0) is 0 Å². The van der Waals surface area contributed by atoms with Gasteiger partial charge < -0.3 is 0 Å². The largest absolute Gasteiger partial charge is 0.127 e. The van der Waals surface area contributed by atoms with E-state index < -0.39 is 0 Å². The number of hydrogen-bond donors (Lipinski definition) is 0. The Morgan fingerprint density at radius 3 is 2.47 bits per heavy atom. The summed E-state index contributed by atoms with van der Waals surface area (Å²) in [6.45, 7) is 4.44. The van der Waals surface area contributed by atoms with Crippen molar-refractivity contribution in [2.75, 3.05) is 11.6 Å². The topological polar surface area (TPSA) is 0 Å². The zero-order valence-corrected chi connectivity index (χ0v) is 11.1. The summed E-state index contributed by atoms with van der Waals surface area (Å²) in [5.74, 6) is 2.53. The van der Waals surface area contributed by atoms with E-state index in [4.69, 9.17) is 11.6 Å². The van der Waals surface area contributed by atoms with Crippen LogP contribution in [0.5, 0.6) is 0 Å². The van der Waals surface area contributed by atoms with Crippen molar-refractivity contribution in [1.82, 2.24) is 0 Å².